The minimum atomic E-state index is -0.900. The first-order chi connectivity index (χ1) is 8.95. The predicted octanol–water partition coefficient (Wildman–Crippen LogP) is 0.415. The van der Waals surface area contributed by atoms with Gasteiger partial charge in [-0.05, 0) is 13.3 Å². The van der Waals surface area contributed by atoms with E-state index < -0.39 is 11.6 Å². The second kappa shape index (κ2) is 6.63. The Bertz CT molecular complexity index is 429. The van der Waals surface area contributed by atoms with Crippen LogP contribution in [0.5, 0.6) is 0 Å². The van der Waals surface area contributed by atoms with Gasteiger partial charge in [0, 0.05) is 13.5 Å². The van der Waals surface area contributed by atoms with E-state index in [0.29, 0.717) is 25.1 Å². The van der Waals surface area contributed by atoms with E-state index in [1.54, 1.807) is 14.0 Å². The maximum atomic E-state index is 11.6. The molecule has 7 heteroatoms. The van der Waals surface area contributed by atoms with E-state index >= 15 is 0 Å². The van der Waals surface area contributed by atoms with Crippen molar-refractivity contribution in [1.82, 2.24) is 15.0 Å². The highest BCUT2D eigenvalue weighted by molar-refractivity contribution is 5.88. The number of hydrogen-bond donors (Lipinski definition) is 1. The van der Waals surface area contributed by atoms with Crippen molar-refractivity contribution in [2.24, 2.45) is 0 Å². The van der Waals surface area contributed by atoms with Crippen LogP contribution in [0, 0.1) is 0 Å². The fourth-order valence-electron chi connectivity index (χ4n) is 1.60. The molecular weight excluding hydrogens is 250 g/mol. The van der Waals surface area contributed by atoms with Gasteiger partial charge < -0.3 is 14.6 Å². The fourth-order valence-corrected chi connectivity index (χ4v) is 1.60. The van der Waals surface area contributed by atoms with Crippen LogP contribution in [0.15, 0.2) is 0 Å². The van der Waals surface area contributed by atoms with Gasteiger partial charge in [0.2, 0.25) is 0 Å². The van der Waals surface area contributed by atoms with Crippen molar-refractivity contribution < 1.29 is 19.4 Å². The number of esters is 1. The van der Waals surface area contributed by atoms with E-state index in [-0.39, 0.29) is 12.2 Å². The van der Waals surface area contributed by atoms with Crippen LogP contribution in [-0.4, -0.2) is 52.5 Å². The molecule has 1 aromatic heterocycles. The largest absolute Gasteiger partial charge is 0.464 e. The monoisotopic (exact) mass is 271 g/mol. The lowest BCUT2D eigenvalue weighted by Crippen LogP contribution is -2.31. The third-order valence-electron chi connectivity index (χ3n) is 3.01. The summed E-state index contributed by atoms with van der Waals surface area (Å²) >= 11 is 0. The highest BCUT2D eigenvalue weighted by Crippen LogP contribution is 2.15. The number of aliphatic hydroxyl groups is 1. The molecule has 1 rings (SSSR count). The minimum Gasteiger partial charge on any atom is -0.464 e. The highest BCUT2D eigenvalue weighted by atomic mass is 16.5. The summed E-state index contributed by atoms with van der Waals surface area (Å²) in [4.78, 5) is 11.6. The van der Waals surface area contributed by atoms with Crippen molar-refractivity contribution in [3.05, 3.63) is 11.4 Å². The van der Waals surface area contributed by atoms with Crippen LogP contribution in [0.1, 0.15) is 36.5 Å². The average Bonchev–Trinajstić information content (AvgIpc) is 2.77. The molecule has 1 heterocycles. The standard InChI is InChI=1S/C12H21N3O4/c1-5-12(2,17)8-15-9(6-7-18-3)10(13-14-15)11(16)19-4/h17H,5-8H2,1-4H3. The van der Waals surface area contributed by atoms with E-state index in [0.717, 1.165) is 0 Å². The molecule has 19 heavy (non-hydrogen) atoms. The molecule has 1 N–H and O–H groups in total. The van der Waals surface area contributed by atoms with E-state index in [1.165, 1.54) is 11.8 Å². The zero-order valence-electron chi connectivity index (χ0n) is 11.8. The number of hydrogen-bond acceptors (Lipinski definition) is 6. The minimum absolute atomic E-state index is 0.173. The number of carbonyl (C=O) groups is 1. The number of carbonyl (C=O) groups excluding carboxylic acids is 1. The smallest absolute Gasteiger partial charge is 0.360 e. The van der Waals surface area contributed by atoms with Crippen molar-refractivity contribution in [2.75, 3.05) is 20.8 Å². The van der Waals surface area contributed by atoms with Crippen molar-refractivity contribution in [3.63, 3.8) is 0 Å². The molecule has 0 aliphatic heterocycles. The van der Waals surface area contributed by atoms with Gasteiger partial charge in [-0.25, -0.2) is 9.48 Å². The number of aromatic nitrogens is 3. The van der Waals surface area contributed by atoms with E-state index in [2.05, 4.69) is 15.0 Å². The normalized spacial score (nSPS) is 14.2. The molecule has 0 bridgehead atoms. The van der Waals surface area contributed by atoms with Crippen LogP contribution in [0.4, 0.5) is 0 Å². The van der Waals surface area contributed by atoms with E-state index in [4.69, 9.17) is 4.74 Å². The van der Waals surface area contributed by atoms with Crippen LogP contribution in [-0.2, 0) is 22.4 Å². The molecule has 1 atom stereocenters. The molecule has 0 fully saturated rings. The average molecular weight is 271 g/mol. The number of nitrogens with zero attached hydrogens (tertiary/aromatic N) is 3. The number of rotatable bonds is 7. The Morgan fingerprint density at radius 1 is 1.47 bits per heavy atom. The summed E-state index contributed by atoms with van der Waals surface area (Å²) in [5.74, 6) is -0.534. The molecule has 0 saturated heterocycles. The summed E-state index contributed by atoms with van der Waals surface area (Å²) in [5, 5.41) is 17.8. The van der Waals surface area contributed by atoms with Gasteiger partial charge in [0.25, 0.3) is 0 Å². The van der Waals surface area contributed by atoms with Gasteiger partial charge in [0.1, 0.15) is 0 Å². The van der Waals surface area contributed by atoms with Gasteiger partial charge in [0.05, 0.1) is 31.6 Å². The van der Waals surface area contributed by atoms with E-state index in [9.17, 15) is 9.90 Å². The Labute approximate surface area is 112 Å². The maximum absolute atomic E-state index is 11.6. The topological polar surface area (TPSA) is 86.5 Å². The molecule has 1 aromatic rings. The SMILES string of the molecule is CCC(C)(O)Cn1nnc(C(=O)OC)c1CCOC. The van der Waals surface area contributed by atoms with Crippen LogP contribution >= 0.6 is 0 Å². The first kappa shape index (κ1) is 15.6. The summed E-state index contributed by atoms with van der Waals surface area (Å²) < 4.78 is 11.2. The summed E-state index contributed by atoms with van der Waals surface area (Å²) in [6.07, 6.45) is 1.05. The third-order valence-corrected chi connectivity index (χ3v) is 3.01. The molecule has 0 radical (unpaired) electrons. The van der Waals surface area contributed by atoms with Crippen molar-refractivity contribution >= 4 is 5.97 Å². The summed E-state index contributed by atoms with van der Waals surface area (Å²) in [6.45, 7) is 4.30. The Hall–Kier alpha value is -1.47. The highest BCUT2D eigenvalue weighted by Gasteiger charge is 2.25. The number of methoxy groups -OCH3 is 2. The van der Waals surface area contributed by atoms with Crippen LogP contribution in [0.2, 0.25) is 0 Å². The lowest BCUT2D eigenvalue weighted by atomic mass is 10.0. The van der Waals surface area contributed by atoms with Crippen LogP contribution < -0.4 is 0 Å². The molecule has 7 nitrogen and oxygen atoms in total. The second-order valence-electron chi connectivity index (χ2n) is 4.63. The second-order valence-corrected chi connectivity index (χ2v) is 4.63. The summed E-state index contributed by atoms with van der Waals surface area (Å²) in [5.41, 5.74) is -0.114. The van der Waals surface area contributed by atoms with Gasteiger partial charge in [0.15, 0.2) is 5.69 Å². The molecule has 0 spiro atoms. The molecule has 1 unspecified atom stereocenters. The third kappa shape index (κ3) is 4.00. The van der Waals surface area contributed by atoms with Crippen molar-refractivity contribution in [3.8, 4) is 0 Å². The van der Waals surface area contributed by atoms with Gasteiger partial charge in [-0.15, -0.1) is 5.10 Å². The zero-order valence-corrected chi connectivity index (χ0v) is 11.8. The molecular formula is C12H21N3O4. The molecule has 108 valence electrons. The molecule has 0 saturated carbocycles. The Morgan fingerprint density at radius 2 is 2.16 bits per heavy atom. The molecule has 0 aliphatic carbocycles. The quantitative estimate of drug-likeness (QED) is 0.723. The maximum Gasteiger partial charge on any atom is 0.360 e. The van der Waals surface area contributed by atoms with Gasteiger partial charge in [-0.1, -0.05) is 12.1 Å². The zero-order chi connectivity index (χ0) is 14.5. The lowest BCUT2D eigenvalue weighted by molar-refractivity contribution is 0.0327. The summed E-state index contributed by atoms with van der Waals surface area (Å²) in [6, 6.07) is 0. The van der Waals surface area contributed by atoms with Crippen LogP contribution in [0.25, 0.3) is 0 Å². The molecule has 0 aromatic carbocycles. The van der Waals surface area contributed by atoms with Crippen molar-refractivity contribution in [1.29, 1.82) is 0 Å². The van der Waals surface area contributed by atoms with Crippen LogP contribution in [0.3, 0.4) is 0 Å². The van der Waals surface area contributed by atoms with Crippen molar-refractivity contribution in [2.45, 2.75) is 38.8 Å². The number of ether oxygens (including phenoxy) is 2. The Morgan fingerprint density at radius 3 is 2.68 bits per heavy atom. The predicted molar refractivity (Wildman–Crippen MR) is 67.9 cm³/mol. The van der Waals surface area contributed by atoms with Gasteiger partial charge in [-0.2, -0.15) is 0 Å². The first-order valence-electron chi connectivity index (χ1n) is 6.17. The lowest BCUT2D eigenvalue weighted by Gasteiger charge is -2.21. The molecule has 0 aliphatic rings. The Kier molecular flexibility index (Phi) is 5.44. The van der Waals surface area contributed by atoms with Gasteiger partial charge >= 0.3 is 5.97 Å². The summed E-state index contributed by atoms with van der Waals surface area (Å²) in [7, 11) is 2.87. The van der Waals surface area contributed by atoms with E-state index in [1.807, 2.05) is 6.92 Å². The Balaban J connectivity index is 3.03. The molecule has 0 amide bonds. The first-order valence-corrected chi connectivity index (χ1v) is 6.17. The van der Waals surface area contributed by atoms with Gasteiger partial charge in [-0.3, -0.25) is 0 Å². The fraction of sp³-hybridized carbons (Fsp3) is 0.750.